The first kappa shape index (κ1) is 6.99. The summed E-state index contributed by atoms with van der Waals surface area (Å²) < 4.78 is 0.557. The number of aliphatic imine (C=N–C) groups is 1. The monoisotopic (exact) mass is 165 g/mol. The molecule has 2 N–H and O–H groups in total. The molecule has 0 spiro atoms. The third-order valence-electron chi connectivity index (χ3n) is 0.491. The fraction of sp³-hybridized carbons (Fsp3) is 0.750. The Labute approximate surface area is 52.0 Å². The Morgan fingerprint density at radius 3 is 2.57 bits per heavy atom. The summed E-state index contributed by atoms with van der Waals surface area (Å²) in [6, 6.07) is 0. The average Bonchev–Trinajstić information content (AvgIpc) is 1.61. The molecule has 0 aromatic carbocycles. The van der Waals surface area contributed by atoms with Crippen LogP contribution in [0.4, 0.5) is 0 Å². The van der Waals surface area contributed by atoms with Gasteiger partial charge in [-0.1, -0.05) is 0 Å². The van der Waals surface area contributed by atoms with Crippen molar-refractivity contribution in [2.45, 2.75) is 13.3 Å². The molecule has 0 fully saturated rings. The molecule has 0 aliphatic heterocycles. The van der Waals surface area contributed by atoms with E-state index < -0.39 is 0 Å². The van der Waals surface area contributed by atoms with Gasteiger partial charge in [0, 0.05) is 0 Å². The summed E-state index contributed by atoms with van der Waals surface area (Å²) >= 11 is 2.60. The molecule has 0 aliphatic carbocycles. The third-order valence-corrected chi connectivity index (χ3v) is 0.762. The Morgan fingerprint density at radius 1 is 1.86 bits per heavy atom. The SMILES string of the molecule is CCCN=C(N)[Se]. The van der Waals surface area contributed by atoms with Gasteiger partial charge in [-0.3, -0.25) is 0 Å². The maximum absolute atomic E-state index is 5.17. The molecule has 0 bridgehead atoms. The number of nitrogens with two attached hydrogens (primary N) is 1. The molecule has 0 aromatic heterocycles. The van der Waals surface area contributed by atoms with Gasteiger partial charge in [-0.05, 0) is 0 Å². The molecule has 0 saturated heterocycles. The molecule has 7 heavy (non-hydrogen) atoms. The van der Waals surface area contributed by atoms with Crippen molar-refractivity contribution < 1.29 is 0 Å². The number of nitrogens with zero attached hydrogens (tertiary/aromatic N) is 1. The molecule has 2 nitrogen and oxygen atoms in total. The van der Waals surface area contributed by atoms with Gasteiger partial charge in [0.1, 0.15) is 0 Å². The van der Waals surface area contributed by atoms with Crippen molar-refractivity contribution in [2.75, 3.05) is 6.54 Å². The van der Waals surface area contributed by atoms with Gasteiger partial charge in [-0.2, -0.15) is 0 Å². The second kappa shape index (κ2) is 4.16. The molecule has 0 amide bonds. The van der Waals surface area contributed by atoms with E-state index in [0.29, 0.717) is 4.73 Å². The molecule has 3 heteroatoms. The molecule has 0 unspecified atom stereocenters. The van der Waals surface area contributed by atoms with Crippen LogP contribution < -0.4 is 5.73 Å². The van der Waals surface area contributed by atoms with Gasteiger partial charge in [0.15, 0.2) is 0 Å². The molecule has 0 aliphatic rings. The van der Waals surface area contributed by atoms with Gasteiger partial charge in [-0.25, -0.2) is 0 Å². The van der Waals surface area contributed by atoms with Crippen molar-refractivity contribution >= 4 is 20.7 Å². The summed E-state index contributed by atoms with van der Waals surface area (Å²) in [5.74, 6) is 0. The molecular weight excluding hydrogens is 155 g/mol. The van der Waals surface area contributed by atoms with Crippen molar-refractivity contribution in [3.63, 3.8) is 0 Å². The van der Waals surface area contributed by atoms with Crippen LogP contribution in [0.15, 0.2) is 4.99 Å². The molecule has 41 valence electrons. The fourth-order valence-electron chi connectivity index (χ4n) is 0.222. The van der Waals surface area contributed by atoms with Gasteiger partial charge < -0.3 is 0 Å². The van der Waals surface area contributed by atoms with Crippen LogP contribution in [0.2, 0.25) is 0 Å². The van der Waals surface area contributed by atoms with Crippen molar-refractivity contribution in [1.29, 1.82) is 0 Å². The predicted molar refractivity (Wildman–Crippen MR) is 32.5 cm³/mol. The van der Waals surface area contributed by atoms with Crippen molar-refractivity contribution in [1.82, 2.24) is 0 Å². The minimum absolute atomic E-state index is 0.557. The Kier molecular flexibility index (Phi) is 4.15. The van der Waals surface area contributed by atoms with Crippen LogP contribution in [0.3, 0.4) is 0 Å². The Bertz CT molecular complexity index is 66.1. The van der Waals surface area contributed by atoms with E-state index in [1.165, 1.54) is 0 Å². The summed E-state index contributed by atoms with van der Waals surface area (Å²) in [4.78, 5) is 3.88. The summed E-state index contributed by atoms with van der Waals surface area (Å²) in [5.41, 5.74) is 5.17. The summed E-state index contributed by atoms with van der Waals surface area (Å²) in [5, 5.41) is 0. The number of amidine groups is 1. The first-order valence-electron chi connectivity index (χ1n) is 2.24. The van der Waals surface area contributed by atoms with Crippen LogP contribution in [-0.2, 0) is 0 Å². The van der Waals surface area contributed by atoms with Gasteiger partial charge in [0.25, 0.3) is 0 Å². The van der Waals surface area contributed by atoms with Crippen molar-refractivity contribution in [3.05, 3.63) is 0 Å². The van der Waals surface area contributed by atoms with Crippen LogP contribution in [0.25, 0.3) is 0 Å². The van der Waals surface area contributed by atoms with E-state index in [0.717, 1.165) is 13.0 Å². The second-order valence-electron chi connectivity index (χ2n) is 1.22. The van der Waals surface area contributed by atoms with E-state index in [2.05, 4.69) is 27.9 Å². The average molecular weight is 164 g/mol. The molecule has 0 atom stereocenters. The standard InChI is InChI=1S/C4H9N2Se/c1-2-3-6-4(5)7/h2-3H2,1H3,(H2,5,6). The first-order chi connectivity index (χ1) is 3.27. The second-order valence-corrected chi connectivity index (χ2v) is 2.10. The molecule has 0 saturated carbocycles. The summed E-state index contributed by atoms with van der Waals surface area (Å²) in [6.45, 7) is 2.89. The minimum atomic E-state index is 0.557. The Balaban J connectivity index is 3.08. The number of hydrogen-bond acceptors (Lipinski definition) is 1. The summed E-state index contributed by atoms with van der Waals surface area (Å²) in [6.07, 6.45) is 1.06. The van der Waals surface area contributed by atoms with Crippen LogP contribution in [0, 0.1) is 0 Å². The zero-order chi connectivity index (χ0) is 5.70. The molecule has 0 rings (SSSR count). The number of rotatable bonds is 2. The quantitative estimate of drug-likeness (QED) is 0.345. The van der Waals surface area contributed by atoms with Crippen LogP contribution in [0.1, 0.15) is 13.3 Å². The fourth-order valence-corrected chi connectivity index (χ4v) is 0.414. The molecule has 0 heterocycles. The van der Waals surface area contributed by atoms with Gasteiger partial charge in [0.2, 0.25) is 0 Å². The first-order valence-corrected chi connectivity index (χ1v) is 3.10. The Hall–Kier alpha value is -0.0105. The van der Waals surface area contributed by atoms with E-state index in [4.69, 9.17) is 5.73 Å². The van der Waals surface area contributed by atoms with Crippen molar-refractivity contribution in [2.24, 2.45) is 10.7 Å². The predicted octanol–water partition coefficient (Wildman–Crippen LogP) is -0.120. The molecule has 1 radical (unpaired) electrons. The van der Waals surface area contributed by atoms with Gasteiger partial charge >= 0.3 is 51.4 Å². The molecule has 0 aromatic rings. The van der Waals surface area contributed by atoms with Crippen LogP contribution in [0.5, 0.6) is 0 Å². The van der Waals surface area contributed by atoms with E-state index in [-0.39, 0.29) is 0 Å². The summed E-state index contributed by atoms with van der Waals surface area (Å²) in [7, 11) is 0. The zero-order valence-corrected chi connectivity index (χ0v) is 6.06. The van der Waals surface area contributed by atoms with Gasteiger partial charge in [0.05, 0.1) is 0 Å². The zero-order valence-electron chi connectivity index (χ0n) is 4.35. The van der Waals surface area contributed by atoms with E-state index in [9.17, 15) is 0 Å². The molecular formula is C4H9N2Se. The van der Waals surface area contributed by atoms with Gasteiger partial charge in [-0.15, -0.1) is 0 Å². The van der Waals surface area contributed by atoms with Crippen molar-refractivity contribution in [3.8, 4) is 0 Å². The van der Waals surface area contributed by atoms with Crippen LogP contribution in [-0.4, -0.2) is 27.3 Å². The van der Waals surface area contributed by atoms with E-state index in [1.807, 2.05) is 0 Å². The third kappa shape index (κ3) is 5.99. The Morgan fingerprint density at radius 2 is 2.43 bits per heavy atom. The van der Waals surface area contributed by atoms with Crippen LogP contribution >= 0.6 is 0 Å². The maximum atomic E-state index is 5.17. The topological polar surface area (TPSA) is 38.4 Å². The van der Waals surface area contributed by atoms with E-state index in [1.54, 1.807) is 0 Å². The number of hydrogen-bond donors (Lipinski definition) is 1. The van der Waals surface area contributed by atoms with E-state index >= 15 is 0 Å². The normalized spacial score (nSPS) is 11.9.